The van der Waals surface area contributed by atoms with Gasteiger partial charge in [0.1, 0.15) is 0 Å². The van der Waals surface area contributed by atoms with Gasteiger partial charge in [0.15, 0.2) is 0 Å². The number of halogens is 1. The van der Waals surface area contributed by atoms with Gasteiger partial charge >= 0.3 is 0 Å². The van der Waals surface area contributed by atoms with E-state index in [2.05, 4.69) is 26.8 Å². The fraction of sp³-hybridized carbons (Fsp3) is 0.714. The molecule has 2 fully saturated rings. The normalized spacial score (nSPS) is 21.6. The molecule has 2 aliphatic rings. The van der Waals surface area contributed by atoms with Crippen molar-refractivity contribution < 1.29 is 0 Å². The second kappa shape index (κ2) is 5.63. The predicted molar refractivity (Wildman–Crippen MR) is 77.6 cm³/mol. The van der Waals surface area contributed by atoms with Crippen LogP contribution in [0, 0.1) is 5.92 Å². The topological polar surface area (TPSA) is 32.3 Å². The lowest BCUT2D eigenvalue weighted by molar-refractivity contribution is 0.203. The van der Waals surface area contributed by atoms with Crippen LogP contribution in [0.15, 0.2) is 12.4 Å². The van der Waals surface area contributed by atoms with Crippen molar-refractivity contribution in [2.24, 2.45) is 5.92 Å². The SMILES string of the molecule is CN(c1ncc(Cl)cn1)C1CCN(CC2CC2)CC1. The van der Waals surface area contributed by atoms with E-state index in [9.17, 15) is 0 Å². The Morgan fingerprint density at radius 2 is 1.84 bits per heavy atom. The zero-order chi connectivity index (χ0) is 13.2. The van der Waals surface area contributed by atoms with E-state index < -0.39 is 0 Å². The summed E-state index contributed by atoms with van der Waals surface area (Å²) in [7, 11) is 2.09. The number of rotatable bonds is 4. The second-order valence-corrected chi connectivity index (χ2v) is 6.22. The van der Waals surface area contributed by atoms with Crippen molar-refractivity contribution in [2.75, 3.05) is 31.6 Å². The van der Waals surface area contributed by atoms with Crippen LogP contribution in [0.25, 0.3) is 0 Å². The zero-order valence-corrected chi connectivity index (χ0v) is 12.2. The molecule has 1 saturated carbocycles. The van der Waals surface area contributed by atoms with E-state index in [1.807, 2.05) is 0 Å². The summed E-state index contributed by atoms with van der Waals surface area (Å²) in [6.45, 7) is 3.73. The van der Waals surface area contributed by atoms with Crippen LogP contribution in [-0.2, 0) is 0 Å². The standard InChI is InChI=1S/C14H21ClN4/c1-18(14-16-8-12(15)9-17-14)13-4-6-19(7-5-13)10-11-2-3-11/h8-9,11,13H,2-7,10H2,1H3. The molecular weight excluding hydrogens is 260 g/mol. The average molecular weight is 281 g/mol. The minimum Gasteiger partial charge on any atom is -0.341 e. The summed E-state index contributed by atoms with van der Waals surface area (Å²) in [5.41, 5.74) is 0. The third-order valence-corrected chi connectivity index (χ3v) is 4.44. The van der Waals surface area contributed by atoms with Gasteiger partial charge in [-0.3, -0.25) is 0 Å². The molecule has 0 spiro atoms. The van der Waals surface area contributed by atoms with Crippen LogP contribution in [0.5, 0.6) is 0 Å². The number of nitrogens with zero attached hydrogens (tertiary/aromatic N) is 4. The van der Waals surface area contributed by atoms with E-state index >= 15 is 0 Å². The Morgan fingerprint density at radius 3 is 2.42 bits per heavy atom. The van der Waals surface area contributed by atoms with Gasteiger partial charge in [-0.05, 0) is 31.6 Å². The zero-order valence-electron chi connectivity index (χ0n) is 11.4. The first-order valence-corrected chi connectivity index (χ1v) is 7.53. The van der Waals surface area contributed by atoms with Crippen LogP contribution in [0.3, 0.4) is 0 Å². The van der Waals surface area contributed by atoms with Gasteiger partial charge in [0.05, 0.1) is 17.4 Å². The highest BCUT2D eigenvalue weighted by Crippen LogP contribution is 2.31. The molecule has 0 N–H and O–H groups in total. The van der Waals surface area contributed by atoms with Gasteiger partial charge in [0, 0.05) is 32.7 Å². The molecule has 1 aliphatic carbocycles. The Kier molecular flexibility index (Phi) is 3.89. The van der Waals surface area contributed by atoms with Gasteiger partial charge < -0.3 is 9.80 Å². The van der Waals surface area contributed by atoms with E-state index in [0.717, 1.165) is 11.9 Å². The maximum absolute atomic E-state index is 5.83. The summed E-state index contributed by atoms with van der Waals surface area (Å²) < 4.78 is 0. The molecule has 1 aliphatic heterocycles. The molecule has 0 bridgehead atoms. The van der Waals surface area contributed by atoms with Gasteiger partial charge in [-0.15, -0.1) is 0 Å². The van der Waals surface area contributed by atoms with E-state index in [0.29, 0.717) is 11.1 Å². The van der Waals surface area contributed by atoms with E-state index in [1.54, 1.807) is 12.4 Å². The van der Waals surface area contributed by atoms with Crippen LogP contribution in [-0.4, -0.2) is 47.6 Å². The van der Waals surface area contributed by atoms with Crippen molar-refractivity contribution in [1.82, 2.24) is 14.9 Å². The Balaban J connectivity index is 1.53. The minimum absolute atomic E-state index is 0.552. The third kappa shape index (κ3) is 3.37. The predicted octanol–water partition coefficient (Wildman–Crippen LogP) is 2.44. The first-order chi connectivity index (χ1) is 9.22. The Bertz CT molecular complexity index is 410. The van der Waals surface area contributed by atoms with E-state index in [4.69, 9.17) is 11.6 Å². The molecule has 4 nitrogen and oxygen atoms in total. The summed E-state index contributed by atoms with van der Waals surface area (Å²) in [6, 6.07) is 0.552. The lowest BCUT2D eigenvalue weighted by atomic mass is 10.0. The smallest absolute Gasteiger partial charge is 0.225 e. The molecule has 0 atom stereocenters. The number of likely N-dealkylation sites (tertiary alicyclic amines) is 1. The van der Waals surface area contributed by atoms with Crippen LogP contribution in [0.1, 0.15) is 25.7 Å². The highest BCUT2D eigenvalue weighted by Gasteiger charge is 2.28. The molecule has 1 aromatic heterocycles. The number of aromatic nitrogens is 2. The molecule has 1 saturated heterocycles. The molecule has 104 valence electrons. The molecular formula is C14H21ClN4. The van der Waals surface area contributed by atoms with E-state index in [1.165, 1.54) is 45.3 Å². The van der Waals surface area contributed by atoms with Gasteiger partial charge in [-0.25, -0.2) is 9.97 Å². The number of hydrogen-bond donors (Lipinski definition) is 0. The van der Waals surface area contributed by atoms with Crippen LogP contribution >= 0.6 is 11.6 Å². The van der Waals surface area contributed by atoms with Gasteiger partial charge in [0.25, 0.3) is 0 Å². The largest absolute Gasteiger partial charge is 0.341 e. The third-order valence-electron chi connectivity index (χ3n) is 4.24. The Hall–Kier alpha value is -0.870. The molecule has 19 heavy (non-hydrogen) atoms. The lowest BCUT2D eigenvalue weighted by Gasteiger charge is -2.36. The van der Waals surface area contributed by atoms with Crippen LogP contribution in [0.2, 0.25) is 5.02 Å². The van der Waals surface area contributed by atoms with Crippen molar-refractivity contribution in [1.29, 1.82) is 0 Å². The maximum atomic E-state index is 5.83. The average Bonchev–Trinajstić information content (AvgIpc) is 3.24. The molecule has 0 radical (unpaired) electrons. The summed E-state index contributed by atoms with van der Waals surface area (Å²) >= 11 is 5.83. The fourth-order valence-electron chi connectivity index (χ4n) is 2.81. The molecule has 0 unspecified atom stereocenters. The fourth-order valence-corrected chi connectivity index (χ4v) is 2.90. The first-order valence-electron chi connectivity index (χ1n) is 7.15. The van der Waals surface area contributed by atoms with Crippen molar-refractivity contribution in [3.63, 3.8) is 0 Å². The number of anilines is 1. The quantitative estimate of drug-likeness (QED) is 0.848. The second-order valence-electron chi connectivity index (χ2n) is 5.79. The van der Waals surface area contributed by atoms with Crippen molar-refractivity contribution in [3.05, 3.63) is 17.4 Å². The first kappa shape index (κ1) is 13.1. The van der Waals surface area contributed by atoms with Crippen LogP contribution < -0.4 is 4.90 Å². The molecule has 1 aromatic rings. The summed E-state index contributed by atoms with van der Waals surface area (Å²) in [4.78, 5) is 13.4. The Labute approximate surface area is 119 Å². The minimum atomic E-state index is 0.552. The number of piperidine rings is 1. The molecule has 2 heterocycles. The Morgan fingerprint density at radius 1 is 1.21 bits per heavy atom. The van der Waals surface area contributed by atoms with Crippen molar-refractivity contribution in [3.8, 4) is 0 Å². The summed E-state index contributed by atoms with van der Waals surface area (Å²) in [5, 5.41) is 0.594. The maximum Gasteiger partial charge on any atom is 0.225 e. The van der Waals surface area contributed by atoms with Gasteiger partial charge in [-0.1, -0.05) is 11.6 Å². The lowest BCUT2D eigenvalue weighted by Crippen LogP contribution is -2.44. The summed E-state index contributed by atoms with van der Waals surface area (Å²) in [5.74, 6) is 1.78. The van der Waals surface area contributed by atoms with Crippen LogP contribution in [0.4, 0.5) is 5.95 Å². The number of hydrogen-bond acceptors (Lipinski definition) is 4. The van der Waals surface area contributed by atoms with Crippen molar-refractivity contribution in [2.45, 2.75) is 31.7 Å². The monoisotopic (exact) mass is 280 g/mol. The summed E-state index contributed by atoms with van der Waals surface area (Å²) in [6.07, 6.45) is 8.63. The highest BCUT2D eigenvalue weighted by molar-refractivity contribution is 6.30. The molecule has 0 amide bonds. The molecule has 0 aromatic carbocycles. The molecule has 3 rings (SSSR count). The van der Waals surface area contributed by atoms with E-state index in [-0.39, 0.29) is 0 Å². The van der Waals surface area contributed by atoms with Crippen molar-refractivity contribution >= 4 is 17.5 Å². The highest BCUT2D eigenvalue weighted by atomic mass is 35.5. The van der Waals surface area contributed by atoms with Gasteiger partial charge in [-0.2, -0.15) is 0 Å². The van der Waals surface area contributed by atoms with Gasteiger partial charge in [0.2, 0.25) is 5.95 Å². The molecule has 5 heteroatoms.